The van der Waals surface area contributed by atoms with Gasteiger partial charge < -0.3 is 4.74 Å². The number of hydrogen-bond acceptors (Lipinski definition) is 2. The summed E-state index contributed by atoms with van der Waals surface area (Å²) in [6.07, 6.45) is 9.76. The van der Waals surface area contributed by atoms with Crippen LogP contribution in [0, 0.1) is 23.7 Å². The van der Waals surface area contributed by atoms with Crippen LogP contribution in [0.1, 0.15) is 58.3 Å². The average molecular weight is 236 g/mol. The highest BCUT2D eigenvalue weighted by molar-refractivity contribution is 5.69. The third kappa shape index (κ3) is 2.23. The molecular weight excluding hydrogens is 212 g/mol. The summed E-state index contributed by atoms with van der Waals surface area (Å²) in [6, 6.07) is 0. The summed E-state index contributed by atoms with van der Waals surface area (Å²) in [5.41, 5.74) is 0. The molecule has 4 saturated carbocycles. The first-order valence-electron chi connectivity index (χ1n) is 7.45. The van der Waals surface area contributed by atoms with Crippen molar-refractivity contribution in [2.75, 3.05) is 0 Å². The fraction of sp³-hybridized carbons (Fsp3) is 0.933. The molecular formula is C15H24O2. The molecule has 0 aliphatic heterocycles. The SMILES string of the molecule is CCCCC(=O)OC1C2CC3CC(C2)CC1C3. The molecule has 4 fully saturated rings. The van der Waals surface area contributed by atoms with E-state index in [1.807, 2.05) is 0 Å². The third-order valence-corrected chi connectivity index (χ3v) is 5.14. The largest absolute Gasteiger partial charge is 0.462 e. The summed E-state index contributed by atoms with van der Waals surface area (Å²) in [5.74, 6) is 3.39. The number of ether oxygens (including phenoxy) is 1. The second-order valence-electron chi connectivity index (χ2n) is 6.49. The highest BCUT2D eigenvalue weighted by Crippen LogP contribution is 2.54. The molecule has 0 saturated heterocycles. The van der Waals surface area contributed by atoms with Gasteiger partial charge in [0.05, 0.1) is 0 Å². The molecule has 17 heavy (non-hydrogen) atoms. The third-order valence-electron chi connectivity index (χ3n) is 5.14. The standard InChI is InChI=1S/C15H24O2/c1-2-3-4-14(16)17-15-12-6-10-5-11(8-12)9-13(15)7-10/h10-13,15H,2-9H2,1H3. The summed E-state index contributed by atoms with van der Waals surface area (Å²) in [4.78, 5) is 11.8. The van der Waals surface area contributed by atoms with Gasteiger partial charge in [-0.2, -0.15) is 0 Å². The van der Waals surface area contributed by atoms with Gasteiger partial charge in [-0.05, 0) is 62.2 Å². The van der Waals surface area contributed by atoms with Crippen LogP contribution in [0.4, 0.5) is 0 Å². The van der Waals surface area contributed by atoms with E-state index in [0.717, 1.165) is 24.7 Å². The number of hydrogen-bond donors (Lipinski definition) is 0. The van der Waals surface area contributed by atoms with Gasteiger partial charge >= 0.3 is 5.97 Å². The Kier molecular flexibility index (Phi) is 3.14. The second-order valence-corrected chi connectivity index (χ2v) is 6.49. The molecule has 2 heteroatoms. The maximum absolute atomic E-state index is 11.8. The molecule has 0 amide bonds. The van der Waals surface area contributed by atoms with Crippen molar-refractivity contribution in [2.45, 2.75) is 64.4 Å². The smallest absolute Gasteiger partial charge is 0.306 e. The normalized spacial score (nSPS) is 42.8. The molecule has 4 bridgehead atoms. The summed E-state index contributed by atoms with van der Waals surface area (Å²) in [5, 5.41) is 0. The summed E-state index contributed by atoms with van der Waals surface area (Å²) >= 11 is 0. The average Bonchev–Trinajstić information content (AvgIpc) is 2.30. The summed E-state index contributed by atoms with van der Waals surface area (Å²) in [7, 11) is 0. The van der Waals surface area contributed by atoms with E-state index in [9.17, 15) is 4.79 Å². The lowest BCUT2D eigenvalue weighted by Gasteiger charge is -2.53. The Morgan fingerprint density at radius 3 is 2.18 bits per heavy atom. The first kappa shape index (κ1) is 11.6. The predicted octanol–water partition coefficient (Wildman–Crippen LogP) is 3.54. The van der Waals surface area contributed by atoms with Crippen LogP contribution in [0.25, 0.3) is 0 Å². The second kappa shape index (κ2) is 4.62. The van der Waals surface area contributed by atoms with Crippen LogP contribution in [-0.4, -0.2) is 12.1 Å². The number of carbonyl (C=O) groups excluding carboxylic acids is 1. The Balaban J connectivity index is 1.58. The molecule has 0 N–H and O–H groups in total. The van der Waals surface area contributed by atoms with Crippen molar-refractivity contribution < 1.29 is 9.53 Å². The Labute approximate surface area is 104 Å². The molecule has 0 atom stereocenters. The molecule has 0 aromatic heterocycles. The van der Waals surface area contributed by atoms with Gasteiger partial charge in [-0.15, -0.1) is 0 Å². The van der Waals surface area contributed by atoms with Gasteiger partial charge in [0.1, 0.15) is 6.10 Å². The van der Waals surface area contributed by atoms with Crippen molar-refractivity contribution >= 4 is 5.97 Å². The van der Waals surface area contributed by atoms with Gasteiger partial charge in [0.15, 0.2) is 0 Å². The summed E-state index contributed by atoms with van der Waals surface area (Å²) in [6.45, 7) is 2.12. The van der Waals surface area contributed by atoms with Crippen molar-refractivity contribution in [3.05, 3.63) is 0 Å². The van der Waals surface area contributed by atoms with E-state index >= 15 is 0 Å². The van der Waals surface area contributed by atoms with Gasteiger partial charge in [0.25, 0.3) is 0 Å². The highest BCUT2D eigenvalue weighted by atomic mass is 16.5. The molecule has 0 aromatic carbocycles. The van der Waals surface area contributed by atoms with Crippen LogP contribution in [0.2, 0.25) is 0 Å². The van der Waals surface area contributed by atoms with E-state index in [4.69, 9.17) is 4.74 Å². The number of carbonyl (C=O) groups is 1. The maximum atomic E-state index is 11.8. The van der Waals surface area contributed by atoms with E-state index in [1.54, 1.807) is 0 Å². The lowest BCUT2D eigenvalue weighted by Crippen LogP contribution is -2.50. The fourth-order valence-electron chi connectivity index (χ4n) is 4.60. The van der Waals surface area contributed by atoms with Gasteiger partial charge in [-0.25, -0.2) is 0 Å². The van der Waals surface area contributed by atoms with Crippen LogP contribution in [0.3, 0.4) is 0 Å². The van der Waals surface area contributed by atoms with Crippen molar-refractivity contribution in [1.82, 2.24) is 0 Å². The van der Waals surface area contributed by atoms with Crippen LogP contribution in [0.15, 0.2) is 0 Å². The van der Waals surface area contributed by atoms with E-state index < -0.39 is 0 Å². The van der Waals surface area contributed by atoms with E-state index in [2.05, 4.69) is 6.92 Å². The van der Waals surface area contributed by atoms with Crippen molar-refractivity contribution in [2.24, 2.45) is 23.7 Å². The number of rotatable bonds is 4. The molecule has 96 valence electrons. The van der Waals surface area contributed by atoms with E-state index in [1.165, 1.54) is 32.1 Å². The predicted molar refractivity (Wildman–Crippen MR) is 66.5 cm³/mol. The zero-order valence-corrected chi connectivity index (χ0v) is 10.9. The minimum atomic E-state index is 0.0596. The fourth-order valence-corrected chi connectivity index (χ4v) is 4.60. The van der Waals surface area contributed by atoms with E-state index in [0.29, 0.717) is 18.3 Å². The highest BCUT2D eigenvalue weighted by Gasteiger charge is 2.49. The Hall–Kier alpha value is -0.530. The Bertz CT molecular complexity index is 269. The molecule has 4 rings (SSSR count). The van der Waals surface area contributed by atoms with Crippen LogP contribution >= 0.6 is 0 Å². The first-order valence-corrected chi connectivity index (χ1v) is 7.45. The number of esters is 1. The van der Waals surface area contributed by atoms with E-state index in [-0.39, 0.29) is 12.1 Å². The molecule has 0 unspecified atom stereocenters. The monoisotopic (exact) mass is 236 g/mol. The first-order chi connectivity index (χ1) is 8.26. The van der Waals surface area contributed by atoms with Gasteiger partial charge in [-0.1, -0.05) is 13.3 Å². The lowest BCUT2D eigenvalue weighted by molar-refractivity contribution is -0.170. The van der Waals surface area contributed by atoms with Gasteiger partial charge in [-0.3, -0.25) is 4.79 Å². The minimum Gasteiger partial charge on any atom is -0.462 e. The Morgan fingerprint density at radius 2 is 1.65 bits per heavy atom. The van der Waals surface area contributed by atoms with Crippen LogP contribution in [-0.2, 0) is 9.53 Å². The van der Waals surface area contributed by atoms with Gasteiger partial charge in [0, 0.05) is 6.42 Å². The lowest BCUT2D eigenvalue weighted by atomic mass is 9.55. The zero-order valence-electron chi connectivity index (χ0n) is 10.9. The van der Waals surface area contributed by atoms with Crippen LogP contribution < -0.4 is 0 Å². The molecule has 0 aromatic rings. The molecule has 4 aliphatic carbocycles. The van der Waals surface area contributed by atoms with Gasteiger partial charge in [0.2, 0.25) is 0 Å². The zero-order chi connectivity index (χ0) is 11.8. The maximum Gasteiger partial charge on any atom is 0.306 e. The molecule has 0 spiro atoms. The number of unbranched alkanes of at least 4 members (excludes halogenated alkanes) is 1. The molecule has 0 heterocycles. The van der Waals surface area contributed by atoms with Crippen LogP contribution in [0.5, 0.6) is 0 Å². The molecule has 4 aliphatic rings. The van der Waals surface area contributed by atoms with Crippen molar-refractivity contribution in [1.29, 1.82) is 0 Å². The quantitative estimate of drug-likeness (QED) is 0.698. The minimum absolute atomic E-state index is 0.0596. The summed E-state index contributed by atoms with van der Waals surface area (Å²) < 4.78 is 5.79. The Morgan fingerprint density at radius 1 is 1.06 bits per heavy atom. The topological polar surface area (TPSA) is 26.3 Å². The van der Waals surface area contributed by atoms with Crippen molar-refractivity contribution in [3.8, 4) is 0 Å². The molecule has 0 radical (unpaired) electrons. The molecule has 2 nitrogen and oxygen atoms in total. The van der Waals surface area contributed by atoms with Crippen molar-refractivity contribution in [3.63, 3.8) is 0 Å².